The maximum absolute atomic E-state index is 13.0. The van der Waals surface area contributed by atoms with Gasteiger partial charge in [-0.1, -0.05) is 18.2 Å². The van der Waals surface area contributed by atoms with Gasteiger partial charge < -0.3 is 24.5 Å². The molecule has 8 nitrogen and oxygen atoms in total. The second-order valence-corrected chi connectivity index (χ2v) is 7.67. The minimum absolute atomic E-state index is 0.159. The summed E-state index contributed by atoms with van der Waals surface area (Å²) in [5.74, 6) is -0.111. The number of rotatable bonds is 6. The van der Waals surface area contributed by atoms with Gasteiger partial charge in [-0.3, -0.25) is 14.4 Å². The molecule has 4 rings (SSSR count). The van der Waals surface area contributed by atoms with Crippen molar-refractivity contribution in [2.45, 2.75) is 25.4 Å². The summed E-state index contributed by atoms with van der Waals surface area (Å²) in [4.78, 5) is 39.5. The van der Waals surface area contributed by atoms with Crippen molar-refractivity contribution in [2.75, 3.05) is 20.1 Å². The third kappa shape index (κ3) is 3.45. The Labute approximate surface area is 173 Å². The number of fused-ring (bicyclic) bond motifs is 3. The zero-order valence-electron chi connectivity index (χ0n) is 17.0. The molecule has 30 heavy (non-hydrogen) atoms. The third-order valence-corrected chi connectivity index (χ3v) is 5.71. The van der Waals surface area contributed by atoms with Crippen LogP contribution in [0.3, 0.4) is 0 Å². The number of likely N-dealkylation sites (N-methyl/N-ethyl adjacent to an activating group) is 1. The monoisotopic (exact) mass is 408 g/mol. The van der Waals surface area contributed by atoms with Crippen molar-refractivity contribution in [3.63, 3.8) is 0 Å². The number of carbonyl (C=O) groups excluding carboxylic acids is 3. The normalized spacial score (nSPS) is 18.3. The Kier molecular flexibility index (Phi) is 5.07. The number of benzene rings is 1. The molecule has 1 aliphatic rings. The molecule has 0 saturated heterocycles. The van der Waals surface area contributed by atoms with Crippen molar-refractivity contribution < 1.29 is 18.8 Å². The summed E-state index contributed by atoms with van der Waals surface area (Å²) >= 11 is 0. The molecule has 0 unspecified atom stereocenters. The van der Waals surface area contributed by atoms with Crippen LogP contribution in [-0.2, 0) is 22.6 Å². The molecule has 8 heteroatoms. The molecule has 0 fully saturated rings. The van der Waals surface area contributed by atoms with E-state index < -0.39 is 5.54 Å². The lowest BCUT2D eigenvalue weighted by Gasteiger charge is -2.41. The number of hydrogen-bond donors (Lipinski definition) is 2. The number of nitrogens with one attached hydrogen (secondary N) is 2. The molecule has 3 heterocycles. The molecule has 2 aromatic heterocycles. The molecule has 0 saturated carbocycles. The zero-order valence-corrected chi connectivity index (χ0v) is 17.0. The van der Waals surface area contributed by atoms with Gasteiger partial charge in [0.05, 0.1) is 19.4 Å². The fourth-order valence-corrected chi connectivity index (χ4v) is 3.79. The SMILES string of the molecule is CN1C(=O)c2cc3ccccc3n2C[C@@]1(C)C(=O)NCC(=O)NCCc1ccco1. The summed E-state index contributed by atoms with van der Waals surface area (Å²) in [5.41, 5.74) is 0.351. The Balaban J connectivity index is 1.41. The molecule has 3 amide bonds. The van der Waals surface area contributed by atoms with Crippen LogP contribution >= 0.6 is 0 Å². The van der Waals surface area contributed by atoms with Gasteiger partial charge in [0.2, 0.25) is 11.8 Å². The van der Waals surface area contributed by atoms with Gasteiger partial charge in [0.1, 0.15) is 17.0 Å². The van der Waals surface area contributed by atoms with Gasteiger partial charge in [-0.2, -0.15) is 0 Å². The number of para-hydroxylation sites is 1. The molecular weight excluding hydrogens is 384 g/mol. The van der Waals surface area contributed by atoms with Crippen LogP contribution in [0.5, 0.6) is 0 Å². The van der Waals surface area contributed by atoms with Crippen LogP contribution < -0.4 is 10.6 Å². The van der Waals surface area contributed by atoms with E-state index >= 15 is 0 Å². The molecular formula is C22H24N4O4. The Hall–Kier alpha value is -3.55. The Morgan fingerprint density at radius 2 is 1.97 bits per heavy atom. The zero-order chi connectivity index (χ0) is 21.3. The van der Waals surface area contributed by atoms with Crippen molar-refractivity contribution in [3.8, 4) is 0 Å². The van der Waals surface area contributed by atoms with E-state index in [2.05, 4.69) is 10.6 Å². The van der Waals surface area contributed by atoms with Crippen LogP contribution in [0.25, 0.3) is 10.9 Å². The molecule has 0 radical (unpaired) electrons. The lowest BCUT2D eigenvalue weighted by molar-refractivity contribution is -0.134. The summed E-state index contributed by atoms with van der Waals surface area (Å²) in [6.07, 6.45) is 2.16. The molecule has 3 aromatic rings. The van der Waals surface area contributed by atoms with Crippen LogP contribution in [-0.4, -0.2) is 52.9 Å². The van der Waals surface area contributed by atoms with Gasteiger partial charge >= 0.3 is 0 Å². The van der Waals surface area contributed by atoms with E-state index in [1.54, 1.807) is 26.3 Å². The van der Waals surface area contributed by atoms with E-state index in [9.17, 15) is 14.4 Å². The van der Waals surface area contributed by atoms with Crippen LogP contribution in [0.1, 0.15) is 23.2 Å². The van der Waals surface area contributed by atoms with E-state index in [1.165, 1.54) is 4.90 Å². The molecule has 1 aromatic carbocycles. The van der Waals surface area contributed by atoms with E-state index in [0.717, 1.165) is 16.7 Å². The maximum Gasteiger partial charge on any atom is 0.271 e. The topological polar surface area (TPSA) is 96.6 Å². The first-order valence-electron chi connectivity index (χ1n) is 9.84. The maximum atomic E-state index is 13.0. The minimum Gasteiger partial charge on any atom is -0.469 e. The highest BCUT2D eigenvalue weighted by molar-refractivity contribution is 6.03. The highest BCUT2D eigenvalue weighted by Gasteiger charge is 2.45. The molecule has 0 bridgehead atoms. The molecule has 0 aliphatic carbocycles. The van der Waals surface area contributed by atoms with Crippen LogP contribution in [0.15, 0.2) is 53.1 Å². The highest BCUT2D eigenvalue weighted by Crippen LogP contribution is 2.31. The third-order valence-electron chi connectivity index (χ3n) is 5.71. The second kappa shape index (κ2) is 7.70. The fraction of sp³-hybridized carbons (Fsp3) is 0.318. The van der Waals surface area contributed by atoms with Crippen molar-refractivity contribution in [3.05, 3.63) is 60.2 Å². The largest absolute Gasteiger partial charge is 0.469 e. The molecule has 1 aliphatic heterocycles. The van der Waals surface area contributed by atoms with Gasteiger partial charge in [0.25, 0.3) is 5.91 Å². The Bertz CT molecular complexity index is 1100. The first-order valence-corrected chi connectivity index (χ1v) is 9.84. The number of carbonyl (C=O) groups is 3. The number of nitrogens with zero attached hydrogens (tertiary/aromatic N) is 2. The fourth-order valence-electron chi connectivity index (χ4n) is 3.79. The van der Waals surface area contributed by atoms with Gasteiger partial charge in [-0.15, -0.1) is 0 Å². The number of hydrogen-bond acceptors (Lipinski definition) is 4. The van der Waals surface area contributed by atoms with Crippen molar-refractivity contribution in [2.24, 2.45) is 0 Å². The highest BCUT2D eigenvalue weighted by atomic mass is 16.3. The summed E-state index contributed by atoms with van der Waals surface area (Å²) in [7, 11) is 1.62. The number of aromatic nitrogens is 1. The van der Waals surface area contributed by atoms with Crippen LogP contribution in [0, 0.1) is 0 Å². The van der Waals surface area contributed by atoms with Crippen molar-refractivity contribution >= 4 is 28.6 Å². The standard InChI is InChI=1S/C22H24N4O4/c1-22(21(29)24-13-19(27)23-10-9-16-7-5-11-30-16)14-26-17-8-4-3-6-15(17)12-18(26)20(28)25(22)2/h3-8,11-12H,9-10,13-14H2,1-2H3,(H,23,27)(H,24,29)/t22-/m0/s1. The molecule has 0 spiro atoms. The Morgan fingerprint density at radius 3 is 2.73 bits per heavy atom. The summed E-state index contributed by atoms with van der Waals surface area (Å²) in [5, 5.41) is 6.38. The minimum atomic E-state index is -1.11. The number of amides is 3. The van der Waals surface area contributed by atoms with Gasteiger partial charge in [0, 0.05) is 30.9 Å². The van der Waals surface area contributed by atoms with Crippen molar-refractivity contribution in [1.29, 1.82) is 0 Å². The predicted octanol–water partition coefficient (Wildman–Crippen LogP) is 1.55. The lowest BCUT2D eigenvalue weighted by Crippen LogP contribution is -2.63. The van der Waals surface area contributed by atoms with E-state index in [-0.39, 0.29) is 24.3 Å². The quantitative estimate of drug-likeness (QED) is 0.647. The van der Waals surface area contributed by atoms with Crippen molar-refractivity contribution in [1.82, 2.24) is 20.1 Å². The predicted molar refractivity (Wildman–Crippen MR) is 111 cm³/mol. The Morgan fingerprint density at radius 1 is 1.17 bits per heavy atom. The second-order valence-electron chi connectivity index (χ2n) is 7.67. The summed E-state index contributed by atoms with van der Waals surface area (Å²) in [6, 6.07) is 13.2. The van der Waals surface area contributed by atoms with E-state index in [4.69, 9.17) is 4.42 Å². The average Bonchev–Trinajstić information content (AvgIpc) is 3.38. The van der Waals surface area contributed by atoms with Gasteiger partial charge in [-0.25, -0.2) is 0 Å². The summed E-state index contributed by atoms with van der Waals surface area (Å²) in [6.45, 7) is 2.28. The summed E-state index contributed by atoms with van der Waals surface area (Å²) < 4.78 is 7.10. The number of furan rings is 1. The van der Waals surface area contributed by atoms with E-state index in [1.807, 2.05) is 41.0 Å². The first-order chi connectivity index (χ1) is 14.4. The van der Waals surface area contributed by atoms with Gasteiger partial charge in [-0.05, 0) is 31.2 Å². The molecule has 156 valence electrons. The smallest absolute Gasteiger partial charge is 0.271 e. The lowest BCUT2D eigenvalue weighted by atomic mass is 9.95. The molecule has 2 N–H and O–H groups in total. The van der Waals surface area contributed by atoms with Crippen LogP contribution in [0.4, 0.5) is 0 Å². The first kappa shape index (κ1) is 19.8. The van der Waals surface area contributed by atoms with Gasteiger partial charge in [0.15, 0.2) is 0 Å². The average molecular weight is 408 g/mol. The molecule has 1 atom stereocenters. The van der Waals surface area contributed by atoms with Crippen LogP contribution in [0.2, 0.25) is 0 Å². The van der Waals surface area contributed by atoms with E-state index in [0.29, 0.717) is 25.2 Å².